The highest BCUT2D eigenvalue weighted by Crippen LogP contribution is 2.43. The third-order valence-electron chi connectivity index (χ3n) is 4.35. The average molecular weight is 373 g/mol. The van der Waals surface area contributed by atoms with Crippen LogP contribution < -0.4 is 10.6 Å². The molecule has 2 aliphatic heterocycles. The van der Waals surface area contributed by atoms with E-state index in [-0.39, 0.29) is 24.4 Å². The van der Waals surface area contributed by atoms with E-state index in [0.717, 1.165) is 24.9 Å². The number of amides is 1. The highest BCUT2D eigenvalue weighted by molar-refractivity contribution is 8.16. The SMILES string of the molecule is CC1NCCCC1NC(=O)c1ccc(C2SCCCS2)cc1.Cl. The molecule has 6 heteroatoms. The van der Waals surface area contributed by atoms with Crippen molar-refractivity contribution < 1.29 is 4.79 Å². The van der Waals surface area contributed by atoms with Crippen molar-refractivity contribution in [1.29, 1.82) is 0 Å². The monoisotopic (exact) mass is 372 g/mol. The summed E-state index contributed by atoms with van der Waals surface area (Å²) in [4.78, 5) is 12.4. The summed E-state index contributed by atoms with van der Waals surface area (Å²) in [5.41, 5.74) is 2.10. The molecular formula is C17H25ClN2OS2. The molecular weight excluding hydrogens is 348 g/mol. The average Bonchev–Trinajstić information content (AvgIpc) is 2.58. The number of thioether (sulfide) groups is 2. The zero-order valence-electron chi connectivity index (χ0n) is 13.4. The van der Waals surface area contributed by atoms with Gasteiger partial charge in [-0.3, -0.25) is 4.79 Å². The standard InChI is InChI=1S/C17H24N2OS2.ClH/c1-12-15(4-2-9-18-12)19-16(20)13-5-7-14(8-6-13)17-21-10-3-11-22-17;/h5-8,12,15,17-18H,2-4,9-11H2,1H3,(H,19,20);1H. The summed E-state index contributed by atoms with van der Waals surface area (Å²) in [5.74, 6) is 2.54. The maximum absolute atomic E-state index is 12.4. The third-order valence-corrected chi connectivity index (χ3v) is 7.37. The molecule has 1 aromatic carbocycles. The van der Waals surface area contributed by atoms with Gasteiger partial charge >= 0.3 is 0 Å². The van der Waals surface area contributed by atoms with Crippen molar-refractivity contribution in [2.24, 2.45) is 0 Å². The Morgan fingerprint density at radius 1 is 1.17 bits per heavy atom. The fourth-order valence-electron chi connectivity index (χ4n) is 2.96. The lowest BCUT2D eigenvalue weighted by Crippen LogP contribution is -2.51. The van der Waals surface area contributed by atoms with E-state index in [1.807, 2.05) is 35.7 Å². The molecule has 0 bridgehead atoms. The first-order chi connectivity index (χ1) is 10.7. The summed E-state index contributed by atoms with van der Waals surface area (Å²) < 4.78 is 0.536. The number of hydrogen-bond donors (Lipinski definition) is 2. The van der Waals surface area contributed by atoms with Gasteiger partial charge in [0.05, 0.1) is 4.58 Å². The summed E-state index contributed by atoms with van der Waals surface area (Å²) in [6.07, 6.45) is 3.50. The second-order valence-electron chi connectivity index (χ2n) is 6.01. The van der Waals surface area contributed by atoms with Crippen LogP contribution in [0.1, 0.15) is 46.7 Å². The van der Waals surface area contributed by atoms with E-state index >= 15 is 0 Å². The van der Waals surface area contributed by atoms with E-state index in [4.69, 9.17) is 0 Å². The molecule has 23 heavy (non-hydrogen) atoms. The van der Waals surface area contributed by atoms with Gasteiger partial charge in [0.15, 0.2) is 0 Å². The normalized spacial score (nSPS) is 25.4. The first-order valence-electron chi connectivity index (χ1n) is 8.11. The Morgan fingerprint density at radius 2 is 1.87 bits per heavy atom. The Hall–Kier alpha value is -0.360. The van der Waals surface area contributed by atoms with Gasteiger partial charge in [-0.2, -0.15) is 0 Å². The highest BCUT2D eigenvalue weighted by atomic mass is 35.5. The largest absolute Gasteiger partial charge is 0.348 e. The van der Waals surface area contributed by atoms with E-state index in [1.54, 1.807) is 0 Å². The zero-order valence-corrected chi connectivity index (χ0v) is 15.9. The maximum atomic E-state index is 12.4. The lowest BCUT2D eigenvalue weighted by atomic mass is 9.99. The topological polar surface area (TPSA) is 41.1 Å². The molecule has 2 saturated heterocycles. The lowest BCUT2D eigenvalue weighted by molar-refractivity contribution is 0.0920. The quantitative estimate of drug-likeness (QED) is 0.845. The molecule has 0 aromatic heterocycles. The van der Waals surface area contributed by atoms with Crippen molar-refractivity contribution in [1.82, 2.24) is 10.6 Å². The minimum atomic E-state index is 0. The Labute approximate surface area is 153 Å². The number of carbonyl (C=O) groups is 1. The number of nitrogens with one attached hydrogen (secondary N) is 2. The first-order valence-corrected chi connectivity index (χ1v) is 10.2. The van der Waals surface area contributed by atoms with Gasteiger partial charge in [-0.15, -0.1) is 35.9 Å². The number of benzene rings is 1. The molecule has 2 heterocycles. The molecule has 2 N–H and O–H groups in total. The second-order valence-corrected chi connectivity index (χ2v) is 8.74. The van der Waals surface area contributed by atoms with Crippen LogP contribution in [0.5, 0.6) is 0 Å². The van der Waals surface area contributed by atoms with Crippen LogP contribution in [0.25, 0.3) is 0 Å². The lowest BCUT2D eigenvalue weighted by Gasteiger charge is -2.30. The van der Waals surface area contributed by atoms with E-state index in [2.05, 4.69) is 29.7 Å². The Kier molecular flexibility index (Phi) is 7.60. The van der Waals surface area contributed by atoms with Crippen LogP contribution in [0.4, 0.5) is 0 Å². The molecule has 2 unspecified atom stereocenters. The molecule has 0 saturated carbocycles. The van der Waals surface area contributed by atoms with Crippen molar-refractivity contribution >= 4 is 41.8 Å². The van der Waals surface area contributed by atoms with Crippen LogP contribution in [-0.4, -0.2) is 36.0 Å². The van der Waals surface area contributed by atoms with Crippen molar-refractivity contribution in [2.45, 2.75) is 42.9 Å². The van der Waals surface area contributed by atoms with Gasteiger partial charge in [-0.1, -0.05) is 12.1 Å². The van der Waals surface area contributed by atoms with Gasteiger partial charge in [0.25, 0.3) is 5.91 Å². The Bertz CT molecular complexity index is 506. The van der Waals surface area contributed by atoms with Crippen molar-refractivity contribution in [3.8, 4) is 0 Å². The second kappa shape index (κ2) is 9.21. The molecule has 3 rings (SSSR count). The van der Waals surface area contributed by atoms with E-state index < -0.39 is 0 Å². The number of rotatable bonds is 3. The molecule has 3 nitrogen and oxygen atoms in total. The fourth-order valence-corrected chi connectivity index (χ4v) is 5.86. The van der Waals surface area contributed by atoms with Crippen molar-refractivity contribution in [2.75, 3.05) is 18.1 Å². The van der Waals surface area contributed by atoms with Crippen LogP contribution in [-0.2, 0) is 0 Å². The predicted octanol–water partition coefficient (Wildman–Crippen LogP) is 3.85. The summed E-state index contributed by atoms with van der Waals surface area (Å²) in [5, 5.41) is 6.59. The van der Waals surface area contributed by atoms with E-state index in [1.165, 1.54) is 23.5 Å². The Morgan fingerprint density at radius 3 is 2.52 bits per heavy atom. The van der Waals surface area contributed by atoms with E-state index in [9.17, 15) is 4.79 Å². The highest BCUT2D eigenvalue weighted by Gasteiger charge is 2.23. The van der Waals surface area contributed by atoms with Gasteiger partial charge in [0.2, 0.25) is 0 Å². The molecule has 2 fully saturated rings. The maximum Gasteiger partial charge on any atom is 0.251 e. The summed E-state index contributed by atoms with van der Waals surface area (Å²) in [7, 11) is 0. The van der Waals surface area contributed by atoms with Crippen LogP contribution in [0.2, 0.25) is 0 Å². The van der Waals surface area contributed by atoms with Gasteiger partial charge in [-0.25, -0.2) is 0 Å². The zero-order chi connectivity index (χ0) is 15.4. The Balaban J connectivity index is 0.00000192. The molecule has 128 valence electrons. The smallest absolute Gasteiger partial charge is 0.251 e. The van der Waals surface area contributed by atoms with Crippen LogP contribution in [0.15, 0.2) is 24.3 Å². The van der Waals surface area contributed by atoms with Gasteiger partial charge in [0.1, 0.15) is 0 Å². The van der Waals surface area contributed by atoms with Crippen LogP contribution >= 0.6 is 35.9 Å². The molecule has 0 spiro atoms. The predicted molar refractivity (Wildman–Crippen MR) is 104 cm³/mol. The summed E-state index contributed by atoms with van der Waals surface area (Å²) >= 11 is 4.03. The molecule has 0 radical (unpaired) electrons. The number of carbonyl (C=O) groups excluding carboxylic acids is 1. The van der Waals surface area contributed by atoms with Crippen LogP contribution in [0, 0.1) is 0 Å². The molecule has 2 atom stereocenters. The third kappa shape index (κ3) is 5.05. The molecule has 2 aliphatic rings. The fraction of sp³-hybridized carbons (Fsp3) is 0.588. The molecule has 0 aliphatic carbocycles. The van der Waals surface area contributed by atoms with Crippen LogP contribution in [0.3, 0.4) is 0 Å². The minimum Gasteiger partial charge on any atom is -0.348 e. The number of hydrogen-bond acceptors (Lipinski definition) is 4. The van der Waals surface area contributed by atoms with Gasteiger partial charge < -0.3 is 10.6 Å². The minimum absolute atomic E-state index is 0. The van der Waals surface area contributed by atoms with Crippen molar-refractivity contribution in [3.05, 3.63) is 35.4 Å². The number of halogens is 1. The molecule has 1 aromatic rings. The first kappa shape index (κ1) is 19.0. The van der Waals surface area contributed by atoms with Gasteiger partial charge in [0, 0.05) is 17.6 Å². The van der Waals surface area contributed by atoms with Gasteiger partial charge in [-0.05, 0) is 61.9 Å². The summed E-state index contributed by atoms with van der Waals surface area (Å²) in [6.45, 7) is 3.20. The summed E-state index contributed by atoms with van der Waals surface area (Å²) in [6, 6.07) is 8.78. The van der Waals surface area contributed by atoms with Crippen molar-refractivity contribution in [3.63, 3.8) is 0 Å². The van der Waals surface area contributed by atoms with E-state index in [0.29, 0.717) is 10.6 Å². The molecule has 1 amide bonds. The number of piperidine rings is 1.